The van der Waals surface area contributed by atoms with Crippen LogP contribution in [-0.2, 0) is 10.1 Å². The topological polar surface area (TPSA) is 74.6 Å². The second-order valence-electron chi connectivity index (χ2n) is 8.90. The zero-order valence-corrected chi connectivity index (χ0v) is 20.2. The Kier molecular flexibility index (Phi) is 19.7. The molecule has 29 heavy (non-hydrogen) atoms. The van der Waals surface area contributed by atoms with Crippen molar-refractivity contribution in [1.82, 2.24) is 0 Å². The van der Waals surface area contributed by atoms with Crippen LogP contribution >= 0.6 is 0 Å². The molecule has 0 radical (unpaired) electrons. The Morgan fingerprint density at radius 2 is 0.862 bits per heavy atom. The normalized spacial score (nSPS) is 14.2. The molecule has 0 aliphatic rings. The van der Waals surface area contributed by atoms with Crippen molar-refractivity contribution < 1.29 is 18.1 Å². The highest BCUT2D eigenvalue weighted by molar-refractivity contribution is 7.86. The maximum absolute atomic E-state index is 11.5. The molecule has 0 aromatic rings. The van der Waals surface area contributed by atoms with Gasteiger partial charge in [-0.15, -0.1) is 0 Å². The molecular weight excluding hydrogens is 384 g/mol. The minimum absolute atomic E-state index is 0.217. The van der Waals surface area contributed by atoms with Crippen LogP contribution in [0.3, 0.4) is 0 Å². The first kappa shape index (κ1) is 28.9. The van der Waals surface area contributed by atoms with Gasteiger partial charge in [0.1, 0.15) is 0 Å². The monoisotopic (exact) mass is 434 g/mol. The van der Waals surface area contributed by atoms with Crippen molar-refractivity contribution in [1.29, 1.82) is 0 Å². The maximum Gasteiger partial charge on any atom is 0.267 e. The van der Waals surface area contributed by atoms with Crippen LogP contribution in [-0.4, -0.2) is 29.4 Å². The third kappa shape index (κ3) is 19.6. The lowest BCUT2D eigenvalue weighted by molar-refractivity contribution is 0.147. The molecule has 0 saturated carbocycles. The first-order valence-corrected chi connectivity index (χ1v) is 14.1. The average Bonchev–Trinajstić information content (AvgIpc) is 2.67. The number of hydrogen-bond donors (Lipinski definition) is 2. The lowest BCUT2D eigenvalue weighted by Gasteiger charge is -2.14. The van der Waals surface area contributed by atoms with Crippen molar-refractivity contribution in [2.24, 2.45) is 0 Å². The van der Waals surface area contributed by atoms with Crippen molar-refractivity contribution in [3.05, 3.63) is 0 Å². The molecule has 0 fully saturated rings. The number of unbranched alkanes of at least 4 members (excludes halogenated alkanes) is 13. The number of aliphatic hydroxyl groups excluding tert-OH is 1. The largest absolute Gasteiger partial charge is 0.393 e. The summed E-state index contributed by atoms with van der Waals surface area (Å²) in [4.78, 5) is 0. The second kappa shape index (κ2) is 19.8. The summed E-state index contributed by atoms with van der Waals surface area (Å²) >= 11 is 0. The van der Waals surface area contributed by atoms with Gasteiger partial charge in [0.05, 0.1) is 11.4 Å². The van der Waals surface area contributed by atoms with Crippen molar-refractivity contribution in [2.45, 2.75) is 154 Å². The smallest absolute Gasteiger partial charge is 0.267 e. The lowest BCUT2D eigenvalue weighted by atomic mass is 10.0. The van der Waals surface area contributed by atoms with Crippen molar-refractivity contribution in [3.63, 3.8) is 0 Å². The van der Waals surface area contributed by atoms with Crippen LogP contribution in [0.5, 0.6) is 0 Å². The molecule has 176 valence electrons. The van der Waals surface area contributed by atoms with Crippen LogP contribution in [0.4, 0.5) is 0 Å². The predicted octanol–water partition coefficient (Wildman–Crippen LogP) is 7.45. The Labute approximate surface area is 182 Å². The summed E-state index contributed by atoms with van der Waals surface area (Å²) in [6.45, 7) is 4.38. The molecule has 2 N–H and O–H groups in total. The van der Waals surface area contributed by atoms with Gasteiger partial charge in [-0.2, -0.15) is 8.42 Å². The molecule has 5 heteroatoms. The van der Waals surface area contributed by atoms with Crippen molar-refractivity contribution in [3.8, 4) is 0 Å². The zero-order chi connectivity index (χ0) is 21.8. The Balaban J connectivity index is 3.63. The van der Waals surface area contributed by atoms with E-state index in [2.05, 4.69) is 13.8 Å². The van der Waals surface area contributed by atoms with Gasteiger partial charge in [0.15, 0.2) is 0 Å². The molecule has 4 nitrogen and oxygen atoms in total. The fourth-order valence-corrected chi connectivity index (χ4v) is 4.93. The molecule has 0 bridgehead atoms. The van der Waals surface area contributed by atoms with Crippen LogP contribution in [0.25, 0.3) is 0 Å². The van der Waals surface area contributed by atoms with E-state index in [-0.39, 0.29) is 6.10 Å². The minimum atomic E-state index is -3.93. The van der Waals surface area contributed by atoms with E-state index in [9.17, 15) is 18.1 Å². The molecular formula is C24H50O4S. The molecule has 0 rings (SSSR count). The van der Waals surface area contributed by atoms with Gasteiger partial charge in [0.2, 0.25) is 0 Å². The quantitative estimate of drug-likeness (QED) is 0.137. The highest BCUT2D eigenvalue weighted by Crippen LogP contribution is 2.19. The van der Waals surface area contributed by atoms with E-state index < -0.39 is 15.4 Å². The van der Waals surface area contributed by atoms with Crippen LogP contribution in [0, 0.1) is 0 Å². The molecule has 0 saturated heterocycles. The van der Waals surface area contributed by atoms with E-state index >= 15 is 0 Å². The molecule has 0 heterocycles. The fraction of sp³-hybridized carbons (Fsp3) is 1.00. The molecule has 0 aromatic carbocycles. The van der Waals surface area contributed by atoms with Crippen LogP contribution in [0.2, 0.25) is 0 Å². The molecule has 0 aliphatic carbocycles. The minimum Gasteiger partial charge on any atom is -0.393 e. The Morgan fingerprint density at radius 3 is 1.28 bits per heavy atom. The third-order valence-corrected chi connectivity index (χ3v) is 7.32. The van der Waals surface area contributed by atoms with E-state index in [1.807, 2.05) is 0 Å². The SMILES string of the molecule is CCCCCCCCCCCC(O)CCCCCC(CCCCCC)S(=O)(=O)O. The van der Waals surface area contributed by atoms with Gasteiger partial charge in [-0.05, 0) is 25.7 Å². The van der Waals surface area contributed by atoms with Crippen LogP contribution in [0.15, 0.2) is 0 Å². The van der Waals surface area contributed by atoms with Crippen LogP contribution in [0.1, 0.15) is 142 Å². The Hall–Kier alpha value is -0.130. The third-order valence-electron chi connectivity index (χ3n) is 6.01. The summed E-state index contributed by atoms with van der Waals surface area (Å²) in [6.07, 6.45) is 21.1. The highest BCUT2D eigenvalue weighted by atomic mass is 32.2. The first-order chi connectivity index (χ1) is 13.9. The predicted molar refractivity (Wildman–Crippen MR) is 125 cm³/mol. The van der Waals surface area contributed by atoms with E-state index in [0.717, 1.165) is 64.2 Å². The molecule has 2 unspecified atom stereocenters. The van der Waals surface area contributed by atoms with Gasteiger partial charge < -0.3 is 5.11 Å². The van der Waals surface area contributed by atoms with Gasteiger partial charge in [-0.25, -0.2) is 0 Å². The number of aliphatic hydroxyl groups is 1. The van der Waals surface area contributed by atoms with E-state index in [0.29, 0.717) is 12.8 Å². The van der Waals surface area contributed by atoms with Gasteiger partial charge in [0, 0.05) is 0 Å². The summed E-state index contributed by atoms with van der Waals surface area (Å²) in [5, 5.41) is 9.51. The van der Waals surface area contributed by atoms with Crippen LogP contribution < -0.4 is 0 Å². The number of hydrogen-bond acceptors (Lipinski definition) is 3. The van der Waals surface area contributed by atoms with Gasteiger partial charge in [-0.1, -0.05) is 117 Å². The van der Waals surface area contributed by atoms with E-state index in [4.69, 9.17) is 0 Å². The van der Waals surface area contributed by atoms with E-state index in [1.54, 1.807) is 0 Å². The lowest BCUT2D eigenvalue weighted by Crippen LogP contribution is -2.20. The molecule has 0 spiro atoms. The summed E-state index contributed by atoms with van der Waals surface area (Å²) in [5.41, 5.74) is 0. The van der Waals surface area contributed by atoms with E-state index in [1.165, 1.54) is 51.4 Å². The summed E-state index contributed by atoms with van der Waals surface area (Å²) in [7, 11) is -3.93. The average molecular weight is 435 g/mol. The summed E-state index contributed by atoms with van der Waals surface area (Å²) < 4.78 is 32.5. The summed E-state index contributed by atoms with van der Waals surface area (Å²) in [6, 6.07) is 0. The van der Waals surface area contributed by atoms with Gasteiger partial charge in [0.25, 0.3) is 10.1 Å². The van der Waals surface area contributed by atoms with Gasteiger partial charge in [-0.3, -0.25) is 4.55 Å². The van der Waals surface area contributed by atoms with Crippen molar-refractivity contribution in [2.75, 3.05) is 0 Å². The Morgan fingerprint density at radius 1 is 0.552 bits per heavy atom. The number of rotatable bonds is 22. The zero-order valence-electron chi connectivity index (χ0n) is 19.4. The molecule has 0 aromatic heterocycles. The second-order valence-corrected chi connectivity index (χ2v) is 10.6. The highest BCUT2D eigenvalue weighted by Gasteiger charge is 2.21. The first-order valence-electron chi connectivity index (χ1n) is 12.6. The summed E-state index contributed by atoms with van der Waals surface area (Å²) in [5.74, 6) is 0. The maximum atomic E-state index is 11.5. The molecule has 0 aliphatic heterocycles. The fourth-order valence-electron chi connectivity index (χ4n) is 4.00. The Bertz CT molecular complexity index is 436. The molecule has 0 amide bonds. The van der Waals surface area contributed by atoms with Gasteiger partial charge >= 0.3 is 0 Å². The standard InChI is InChI=1S/C24H50O4S/c1-3-5-7-9-10-11-12-13-15-19-23(25)20-16-14-18-22-24(29(26,27)28)21-17-8-6-4-2/h23-25H,3-22H2,1-2H3,(H,26,27,28). The van der Waals surface area contributed by atoms with Crippen molar-refractivity contribution >= 4 is 10.1 Å². The molecule has 2 atom stereocenters.